The molecule has 2 aromatic carbocycles. The fourth-order valence-corrected chi connectivity index (χ4v) is 3.23. The summed E-state index contributed by atoms with van der Waals surface area (Å²) in [6, 6.07) is 10.3. The molecule has 1 heterocycles. The molecule has 9 nitrogen and oxygen atoms in total. The highest BCUT2D eigenvalue weighted by atomic mass is 19.1. The quantitative estimate of drug-likeness (QED) is 0.380. The number of hydrogen-bond donors (Lipinski definition) is 4. The largest absolute Gasteiger partial charge is 0.480 e. The average Bonchev–Trinajstić information content (AvgIpc) is 3.26. The van der Waals surface area contributed by atoms with Crippen LogP contribution in [0.2, 0.25) is 0 Å². The zero-order valence-corrected chi connectivity index (χ0v) is 18.9. The van der Waals surface area contributed by atoms with Gasteiger partial charge >= 0.3 is 12.0 Å². The number of anilines is 2. The van der Waals surface area contributed by atoms with Gasteiger partial charge in [0.05, 0.1) is 0 Å². The third-order valence-electron chi connectivity index (χ3n) is 4.92. The standard InChI is InChI=1S/C24H25FN4O5/c1-13(2)10-20(23(31)32)28-22(30)21-12-19(29-34-21)18-11-17(7-4-14(18)3)27-24(33)26-16-8-5-15(25)6-9-16/h4-9,11-13,20H,10H2,1-3H3,(H,28,30)(H,31,32)(H2,26,27,33). The maximum Gasteiger partial charge on any atom is 0.326 e. The maximum absolute atomic E-state index is 13.0. The number of aliphatic carboxylic acids is 1. The van der Waals surface area contributed by atoms with Crippen molar-refractivity contribution in [3.63, 3.8) is 0 Å². The third-order valence-corrected chi connectivity index (χ3v) is 4.92. The number of carboxylic acids is 1. The van der Waals surface area contributed by atoms with Gasteiger partial charge in [-0.05, 0) is 61.2 Å². The van der Waals surface area contributed by atoms with E-state index in [0.717, 1.165) is 5.56 Å². The van der Waals surface area contributed by atoms with Gasteiger partial charge in [-0.25, -0.2) is 14.0 Å². The first-order chi connectivity index (χ1) is 16.1. The van der Waals surface area contributed by atoms with Gasteiger partial charge in [0.1, 0.15) is 17.6 Å². The first kappa shape index (κ1) is 24.4. The van der Waals surface area contributed by atoms with E-state index < -0.39 is 29.8 Å². The summed E-state index contributed by atoms with van der Waals surface area (Å²) in [5.74, 6) is -2.28. The van der Waals surface area contributed by atoms with Crippen LogP contribution in [0.5, 0.6) is 0 Å². The van der Waals surface area contributed by atoms with Gasteiger partial charge in [-0.3, -0.25) is 4.79 Å². The van der Waals surface area contributed by atoms with E-state index >= 15 is 0 Å². The second-order valence-corrected chi connectivity index (χ2v) is 8.19. The first-order valence-corrected chi connectivity index (χ1v) is 10.6. The van der Waals surface area contributed by atoms with Crippen molar-refractivity contribution < 1.29 is 28.4 Å². The smallest absolute Gasteiger partial charge is 0.326 e. The highest BCUT2D eigenvalue weighted by Gasteiger charge is 2.24. The number of rotatable bonds is 8. The van der Waals surface area contributed by atoms with Crippen molar-refractivity contribution in [2.75, 3.05) is 10.6 Å². The number of aromatic nitrogens is 1. The van der Waals surface area contributed by atoms with Crippen LogP contribution in [0.4, 0.5) is 20.6 Å². The molecule has 3 aromatic rings. The van der Waals surface area contributed by atoms with Crippen LogP contribution in [0.15, 0.2) is 53.1 Å². The van der Waals surface area contributed by atoms with Gasteiger partial charge in [0.2, 0.25) is 5.76 Å². The summed E-state index contributed by atoms with van der Waals surface area (Å²) in [6.07, 6.45) is 0.273. The summed E-state index contributed by atoms with van der Waals surface area (Å²) in [5, 5.41) is 21.0. The predicted molar refractivity (Wildman–Crippen MR) is 124 cm³/mol. The van der Waals surface area contributed by atoms with Gasteiger partial charge < -0.3 is 25.6 Å². The molecule has 0 bridgehead atoms. The molecule has 34 heavy (non-hydrogen) atoms. The number of carboxylic acid groups (broad SMARTS) is 1. The molecule has 0 aliphatic heterocycles. The molecule has 178 valence electrons. The molecule has 3 amide bonds. The van der Waals surface area contributed by atoms with Crippen molar-refractivity contribution in [3.8, 4) is 11.3 Å². The normalized spacial score (nSPS) is 11.7. The zero-order valence-electron chi connectivity index (χ0n) is 18.9. The van der Waals surface area contributed by atoms with E-state index in [0.29, 0.717) is 22.6 Å². The van der Waals surface area contributed by atoms with Crippen molar-refractivity contribution in [1.82, 2.24) is 10.5 Å². The number of aryl methyl sites for hydroxylation is 1. The molecular formula is C24H25FN4O5. The lowest BCUT2D eigenvalue weighted by Gasteiger charge is -2.15. The molecule has 0 aliphatic carbocycles. The van der Waals surface area contributed by atoms with Gasteiger partial charge in [-0.15, -0.1) is 0 Å². The van der Waals surface area contributed by atoms with E-state index in [9.17, 15) is 23.9 Å². The van der Waals surface area contributed by atoms with E-state index in [2.05, 4.69) is 21.1 Å². The molecule has 1 unspecified atom stereocenters. The van der Waals surface area contributed by atoms with Crippen LogP contribution >= 0.6 is 0 Å². The summed E-state index contributed by atoms with van der Waals surface area (Å²) in [7, 11) is 0. The van der Waals surface area contributed by atoms with Crippen LogP contribution in [0.25, 0.3) is 11.3 Å². The van der Waals surface area contributed by atoms with Gasteiger partial charge in [0.25, 0.3) is 5.91 Å². The fraction of sp³-hybridized carbons (Fsp3) is 0.250. The predicted octanol–water partition coefficient (Wildman–Crippen LogP) is 4.66. The van der Waals surface area contributed by atoms with Crippen molar-refractivity contribution in [2.24, 2.45) is 5.92 Å². The summed E-state index contributed by atoms with van der Waals surface area (Å²) in [4.78, 5) is 36.2. The lowest BCUT2D eigenvalue weighted by atomic mass is 10.0. The van der Waals surface area contributed by atoms with E-state index in [1.807, 2.05) is 20.8 Å². The van der Waals surface area contributed by atoms with Crippen LogP contribution in [-0.4, -0.2) is 34.2 Å². The Balaban J connectivity index is 1.72. The minimum atomic E-state index is -1.13. The number of amides is 3. The molecule has 0 radical (unpaired) electrons. The second kappa shape index (κ2) is 10.6. The Hall–Kier alpha value is -4.21. The van der Waals surface area contributed by atoms with Crippen molar-refractivity contribution in [1.29, 1.82) is 0 Å². The molecule has 10 heteroatoms. The van der Waals surface area contributed by atoms with Crippen LogP contribution in [-0.2, 0) is 4.79 Å². The Kier molecular flexibility index (Phi) is 7.62. The molecule has 0 spiro atoms. The lowest BCUT2D eigenvalue weighted by Crippen LogP contribution is -2.41. The van der Waals surface area contributed by atoms with Gasteiger partial charge in [0.15, 0.2) is 0 Å². The molecule has 0 saturated carbocycles. The molecule has 0 aliphatic rings. The average molecular weight is 468 g/mol. The molecule has 0 fully saturated rings. The van der Waals surface area contributed by atoms with E-state index in [4.69, 9.17) is 4.52 Å². The number of benzene rings is 2. The minimum Gasteiger partial charge on any atom is -0.480 e. The number of nitrogens with one attached hydrogen (secondary N) is 3. The molecule has 4 N–H and O–H groups in total. The zero-order chi connectivity index (χ0) is 24.8. The Morgan fingerprint density at radius 1 is 1.03 bits per heavy atom. The number of carbonyl (C=O) groups is 3. The van der Waals surface area contributed by atoms with Crippen molar-refractivity contribution in [3.05, 3.63) is 65.7 Å². The third kappa shape index (κ3) is 6.41. The molecule has 0 saturated heterocycles. The highest BCUT2D eigenvalue weighted by Crippen LogP contribution is 2.27. The summed E-state index contributed by atoms with van der Waals surface area (Å²) in [6.45, 7) is 5.55. The molecular weight excluding hydrogens is 443 g/mol. The van der Waals surface area contributed by atoms with Crippen LogP contribution in [0, 0.1) is 18.7 Å². The van der Waals surface area contributed by atoms with E-state index in [-0.39, 0.29) is 18.1 Å². The molecule has 1 aromatic heterocycles. The Morgan fingerprint density at radius 2 is 1.68 bits per heavy atom. The van der Waals surface area contributed by atoms with Gasteiger partial charge in [-0.1, -0.05) is 25.1 Å². The maximum atomic E-state index is 13.0. The van der Waals surface area contributed by atoms with E-state index in [1.54, 1.807) is 18.2 Å². The van der Waals surface area contributed by atoms with Crippen LogP contribution in [0.3, 0.4) is 0 Å². The Labute approximate surface area is 195 Å². The first-order valence-electron chi connectivity index (χ1n) is 10.6. The number of halogens is 1. The number of urea groups is 1. The van der Waals surface area contributed by atoms with Crippen molar-refractivity contribution in [2.45, 2.75) is 33.2 Å². The van der Waals surface area contributed by atoms with Crippen molar-refractivity contribution >= 4 is 29.3 Å². The second-order valence-electron chi connectivity index (χ2n) is 8.19. The topological polar surface area (TPSA) is 134 Å². The lowest BCUT2D eigenvalue weighted by molar-refractivity contribution is -0.139. The fourth-order valence-electron chi connectivity index (χ4n) is 3.23. The van der Waals surface area contributed by atoms with Crippen LogP contribution < -0.4 is 16.0 Å². The Morgan fingerprint density at radius 3 is 2.32 bits per heavy atom. The Bertz CT molecular complexity index is 1190. The minimum absolute atomic E-state index is 0.0739. The van der Waals surface area contributed by atoms with Crippen LogP contribution in [0.1, 0.15) is 36.4 Å². The summed E-state index contributed by atoms with van der Waals surface area (Å²) in [5.41, 5.74) is 2.65. The number of hydrogen-bond acceptors (Lipinski definition) is 5. The highest BCUT2D eigenvalue weighted by molar-refractivity contribution is 6.00. The summed E-state index contributed by atoms with van der Waals surface area (Å²) < 4.78 is 18.2. The van der Waals surface area contributed by atoms with E-state index in [1.165, 1.54) is 30.3 Å². The number of nitrogens with zero attached hydrogens (tertiary/aromatic N) is 1. The monoisotopic (exact) mass is 468 g/mol. The number of carbonyl (C=O) groups excluding carboxylic acids is 2. The molecule has 1 atom stereocenters. The van der Waals surface area contributed by atoms with Gasteiger partial charge in [0, 0.05) is 23.0 Å². The summed E-state index contributed by atoms with van der Waals surface area (Å²) >= 11 is 0. The van der Waals surface area contributed by atoms with Gasteiger partial charge in [-0.2, -0.15) is 0 Å². The SMILES string of the molecule is Cc1ccc(NC(=O)Nc2ccc(F)cc2)cc1-c1cc(C(=O)NC(CC(C)C)C(=O)O)on1. The molecule has 3 rings (SSSR count).